The lowest BCUT2D eigenvalue weighted by Gasteiger charge is -2.21. The van der Waals surface area contributed by atoms with E-state index in [1.54, 1.807) is 0 Å². The Bertz CT molecular complexity index is 1820. The lowest BCUT2D eigenvalue weighted by atomic mass is 10.1. The van der Waals surface area contributed by atoms with E-state index in [1.165, 1.54) is 57.8 Å². The number of ether oxygens (including phenoxy) is 3. The molecule has 3 atom stereocenters. The number of hydrogen-bond acceptors (Lipinski definition) is 10. The summed E-state index contributed by atoms with van der Waals surface area (Å²) in [5, 5.41) is 9.82. The average Bonchev–Trinajstić information content (AvgIpc) is 3.43. The number of unbranched alkanes of at least 4 members (excludes halogenated alkanes) is 15. The first-order valence-corrected chi connectivity index (χ1v) is 31.6. The van der Waals surface area contributed by atoms with Crippen molar-refractivity contribution in [3.05, 3.63) is 134 Å². The van der Waals surface area contributed by atoms with Crippen LogP contribution in [0.15, 0.2) is 134 Å². The monoisotopic (exact) mass is 1110 g/mol. The van der Waals surface area contributed by atoms with Crippen LogP contribution in [0.2, 0.25) is 0 Å². The van der Waals surface area contributed by atoms with Crippen molar-refractivity contribution in [1.29, 1.82) is 0 Å². The van der Waals surface area contributed by atoms with Crippen molar-refractivity contribution in [2.45, 2.75) is 238 Å². The van der Waals surface area contributed by atoms with Crippen molar-refractivity contribution in [3.63, 3.8) is 0 Å². The molecule has 2 N–H and O–H groups in total. The Labute approximate surface area is 474 Å². The maximum Gasteiger partial charge on any atom is 0.472 e. The quantitative estimate of drug-likeness (QED) is 0.0197. The molecule has 0 aliphatic heterocycles. The van der Waals surface area contributed by atoms with Crippen LogP contribution in [0.25, 0.3) is 0 Å². The van der Waals surface area contributed by atoms with E-state index in [2.05, 4.69) is 142 Å². The molecule has 0 radical (unpaired) electrons. The molecule has 11 nitrogen and oxygen atoms in total. The number of carbonyl (C=O) groups is 3. The highest BCUT2D eigenvalue weighted by Gasteiger charge is 2.28. The van der Waals surface area contributed by atoms with E-state index in [0.717, 1.165) is 109 Å². The third-order valence-electron chi connectivity index (χ3n) is 12.1. The number of aliphatic hydroxyl groups excluding tert-OH is 1. The van der Waals surface area contributed by atoms with Gasteiger partial charge in [0, 0.05) is 19.3 Å². The molecule has 78 heavy (non-hydrogen) atoms. The molecule has 0 saturated heterocycles. The molecule has 0 aromatic rings. The van der Waals surface area contributed by atoms with Gasteiger partial charge in [0.15, 0.2) is 6.10 Å². The largest absolute Gasteiger partial charge is 0.472 e. The minimum Gasteiger partial charge on any atom is -0.462 e. The summed E-state index contributed by atoms with van der Waals surface area (Å²) in [5.41, 5.74) is 0. The third kappa shape index (κ3) is 56.3. The second kappa shape index (κ2) is 58.8. The number of carbonyl (C=O) groups excluding carboxylic acids is 3. The van der Waals surface area contributed by atoms with Gasteiger partial charge in [-0.25, -0.2) is 4.57 Å². The summed E-state index contributed by atoms with van der Waals surface area (Å²) in [6, 6.07) is 0. The molecule has 3 unspecified atom stereocenters. The van der Waals surface area contributed by atoms with Crippen LogP contribution >= 0.6 is 7.82 Å². The Morgan fingerprint density at radius 1 is 0.372 bits per heavy atom. The van der Waals surface area contributed by atoms with E-state index in [-0.39, 0.29) is 25.9 Å². The van der Waals surface area contributed by atoms with Crippen LogP contribution in [0, 0.1) is 0 Å². The number of hydrogen-bond donors (Lipinski definition) is 2. The molecule has 0 spiro atoms. The van der Waals surface area contributed by atoms with Gasteiger partial charge in [-0.1, -0.05) is 219 Å². The van der Waals surface area contributed by atoms with Gasteiger partial charge in [-0.05, 0) is 122 Å². The van der Waals surface area contributed by atoms with Gasteiger partial charge in [-0.3, -0.25) is 23.4 Å². The summed E-state index contributed by atoms with van der Waals surface area (Å²) in [7, 11) is -4.79. The SMILES string of the molecule is CC/C=C\C/C=C\C/C=C\C/C=C\C/C=C\C/C=C\CCC(=O)OCC(COP(=O)(O)OCC(CO)OC(=O)CCCC/C=C\C/C=C\C/C=C\C/C=C\CC)OC(=O)CCCCCCCCC/C=C\CCCCCCCC. The van der Waals surface area contributed by atoms with Gasteiger partial charge in [-0.2, -0.15) is 0 Å². The van der Waals surface area contributed by atoms with Crippen molar-refractivity contribution in [3.8, 4) is 0 Å². The molecule has 0 aliphatic carbocycles. The van der Waals surface area contributed by atoms with Gasteiger partial charge in [0.05, 0.1) is 19.8 Å². The van der Waals surface area contributed by atoms with Crippen molar-refractivity contribution < 1.29 is 52.2 Å². The highest BCUT2D eigenvalue weighted by Crippen LogP contribution is 2.43. The summed E-state index contributed by atoms with van der Waals surface area (Å²) < 4.78 is 39.5. The van der Waals surface area contributed by atoms with Crippen molar-refractivity contribution in [2.24, 2.45) is 0 Å². The Morgan fingerprint density at radius 2 is 0.692 bits per heavy atom. The summed E-state index contributed by atoms with van der Waals surface area (Å²) >= 11 is 0. The number of rotatable bonds is 54. The van der Waals surface area contributed by atoms with E-state index in [4.69, 9.17) is 23.3 Å². The molecular weight excluding hydrogens is 1000 g/mol. The van der Waals surface area contributed by atoms with Crippen LogP contribution < -0.4 is 0 Å². The molecular formula is C66H107O11P. The van der Waals surface area contributed by atoms with Crippen LogP contribution in [0.5, 0.6) is 0 Å². The van der Waals surface area contributed by atoms with Crippen LogP contribution in [0.1, 0.15) is 226 Å². The van der Waals surface area contributed by atoms with E-state index in [9.17, 15) is 28.9 Å². The molecule has 0 saturated carbocycles. The van der Waals surface area contributed by atoms with Crippen molar-refractivity contribution in [2.75, 3.05) is 26.4 Å². The number of phosphoric acid groups is 1. The summed E-state index contributed by atoms with van der Waals surface area (Å²) in [5.74, 6) is -1.63. The number of aliphatic hydroxyl groups is 1. The Hall–Kier alpha value is -4.38. The van der Waals surface area contributed by atoms with Crippen molar-refractivity contribution >= 4 is 25.7 Å². The molecule has 0 amide bonds. The zero-order valence-electron chi connectivity index (χ0n) is 48.8. The van der Waals surface area contributed by atoms with E-state index in [0.29, 0.717) is 19.3 Å². The molecule has 12 heteroatoms. The topological polar surface area (TPSA) is 155 Å². The first-order valence-electron chi connectivity index (χ1n) is 30.1. The normalized spacial score (nSPS) is 14.3. The maximum atomic E-state index is 12.9. The standard InChI is InChI=1S/C66H107O11P/c1-4-7-10-13-16-19-22-25-28-30-31-33-35-37-40-43-46-49-52-55-64(68)73-59-63(77-66(70)57-54-51-48-45-42-39-36-32-29-26-23-20-17-14-11-8-5-2)61-75-78(71,72)74-60-62(58-67)76-65(69)56-53-50-47-44-41-38-34-27-24-21-18-15-12-9-6-3/h7,9-10,12,16,18-19,21,25-29,31,33-34,37,40-41,44,46,49,62-63,67H,4-6,8,11,13-15,17,20,22-24,30,32,35-36,38-39,42-43,45,47-48,50-61H2,1-3H3,(H,71,72)/b10-7-,12-9-,19-16-,21-18-,28-25-,29-26-,33-31-,34-27-,40-37-,44-41-,49-46-. The fraction of sp³-hybridized carbons (Fsp3) is 0.621. The molecule has 0 aliphatic rings. The first-order chi connectivity index (χ1) is 38.2. The predicted octanol–water partition coefficient (Wildman–Crippen LogP) is 18.1. The molecule has 0 aromatic heterocycles. The Balaban J connectivity index is 4.89. The molecule has 442 valence electrons. The zero-order chi connectivity index (χ0) is 56.9. The van der Waals surface area contributed by atoms with E-state index >= 15 is 0 Å². The van der Waals surface area contributed by atoms with Gasteiger partial charge in [-0.15, -0.1) is 0 Å². The van der Waals surface area contributed by atoms with Gasteiger partial charge in [0.25, 0.3) is 0 Å². The summed E-state index contributed by atoms with van der Waals surface area (Å²) in [4.78, 5) is 48.6. The Morgan fingerprint density at radius 3 is 1.12 bits per heavy atom. The first kappa shape index (κ1) is 73.6. The fourth-order valence-corrected chi connectivity index (χ4v) is 8.33. The number of allylic oxidation sites excluding steroid dienone is 22. The molecule has 0 rings (SSSR count). The van der Waals surface area contributed by atoms with Crippen LogP contribution in [0.4, 0.5) is 0 Å². The smallest absolute Gasteiger partial charge is 0.462 e. The zero-order valence-corrected chi connectivity index (χ0v) is 49.7. The molecule has 0 aromatic carbocycles. The van der Waals surface area contributed by atoms with E-state index < -0.39 is 57.8 Å². The second-order valence-corrected chi connectivity index (χ2v) is 20.8. The second-order valence-electron chi connectivity index (χ2n) is 19.4. The molecule has 0 heterocycles. The fourth-order valence-electron chi connectivity index (χ4n) is 7.54. The van der Waals surface area contributed by atoms with Gasteiger partial charge in [0.2, 0.25) is 0 Å². The number of esters is 3. The number of phosphoric ester groups is 1. The third-order valence-corrected chi connectivity index (χ3v) is 13.0. The summed E-state index contributed by atoms with van der Waals surface area (Å²) in [6.45, 7) is 4.27. The summed E-state index contributed by atoms with van der Waals surface area (Å²) in [6.07, 6.45) is 74.3. The molecule has 0 bridgehead atoms. The lowest BCUT2D eigenvalue weighted by Crippen LogP contribution is -2.30. The minimum atomic E-state index is -4.79. The van der Waals surface area contributed by atoms with Gasteiger partial charge >= 0.3 is 25.7 Å². The van der Waals surface area contributed by atoms with Gasteiger partial charge in [0.1, 0.15) is 12.7 Å². The molecule has 0 fully saturated rings. The van der Waals surface area contributed by atoms with E-state index in [1.807, 2.05) is 12.2 Å². The predicted molar refractivity (Wildman–Crippen MR) is 325 cm³/mol. The Kier molecular flexibility index (Phi) is 55.5. The van der Waals surface area contributed by atoms with Crippen LogP contribution in [-0.4, -0.2) is 66.5 Å². The lowest BCUT2D eigenvalue weighted by molar-refractivity contribution is -0.161. The van der Waals surface area contributed by atoms with Crippen LogP contribution in [-0.2, 0) is 42.2 Å². The highest BCUT2D eigenvalue weighted by molar-refractivity contribution is 7.47. The highest BCUT2D eigenvalue weighted by atomic mass is 31.2. The van der Waals surface area contributed by atoms with Crippen LogP contribution in [0.3, 0.4) is 0 Å². The maximum absolute atomic E-state index is 12.9. The van der Waals surface area contributed by atoms with Crippen molar-refractivity contribution in [1.82, 2.24) is 0 Å². The average molecular weight is 1110 g/mol. The van der Waals surface area contributed by atoms with Gasteiger partial charge < -0.3 is 24.2 Å². The minimum absolute atomic E-state index is 0.0911.